The molecule has 0 radical (unpaired) electrons. The minimum atomic E-state index is -0.507. The number of para-hydroxylation sites is 1. The average Bonchev–Trinajstić information content (AvgIpc) is 2.46. The molecule has 1 fully saturated rings. The first kappa shape index (κ1) is 15.3. The number of hydrogen-bond acceptors (Lipinski definition) is 3. The van der Waals surface area contributed by atoms with Gasteiger partial charge in [-0.05, 0) is 31.9 Å². The lowest BCUT2D eigenvalue weighted by atomic mass is 9.93. The molecule has 5 nitrogen and oxygen atoms in total. The number of rotatable bonds is 4. The predicted octanol–water partition coefficient (Wildman–Crippen LogP) is 1.32. The fourth-order valence-electron chi connectivity index (χ4n) is 2.47. The molecule has 1 heterocycles. The minimum absolute atomic E-state index is 0.0253. The highest BCUT2D eigenvalue weighted by molar-refractivity contribution is 5.81. The Balaban J connectivity index is 1.95. The molecule has 1 aliphatic heterocycles. The van der Waals surface area contributed by atoms with Crippen LogP contribution in [0.25, 0.3) is 0 Å². The van der Waals surface area contributed by atoms with Crippen LogP contribution in [0.1, 0.15) is 19.8 Å². The molecule has 2 N–H and O–H groups in total. The maximum Gasteiger partial charge on any atom is 0.260 e. The number of carbonyl (C=O) groups is 2. The summed E-state index contributed by atoms with van der Waals surface area (Å²) in [6, 6.07) is 5.95. The van der Waals surface area contributed by atoms with Gasteiger partial charge in [0.2, 0.25) is 5.91 Å². The summed E-state index contributed by atoms with van der Waals surface area (Å²) in [5.41, 5.74) is 5.30. The van der Waals surface area contributed by atoms with E-state index < -0.39 is 11.7 Å². The van der Waals surface area contributed by atoms with Crippen LogP contribution in [0.3, 0.4) is 0 Å². The van der Waals surface area contributed by atoms with Crippen LogP contribution in [-0.2, 0) is 9.59 Å². The van der Waals surface area contributed by atoms with E-state index in [1.165, 1.54) is 12.1 Å². The van der Waals surface area contributed by atoms with E-state index in [1.807, 2.05) is 6.92 Å². The number of likely N-dealkylation sites (tertiary alicyclic amines) is 1. The molecule has 2 unspecified atom stereocenters. The fraction of sp³-hybridized carbons (Fsp3) is 0.467. The van der Waals surface area contributed by atoms with E-state index >= 15 is 0 Å². The second kappa shape index (κ2) is 6.56. The second-order valence-corrected chi connectivity index (χ2v) is 5.29. The van der Waals surface area contributed by atoms with E-state index in [-0.39, 0.29) is 30.2 Å². The highest BCUT2D eigenvalue weighted by Gasteiger charge is 2.31. The van der Waals surface area contributed by atoms with Crippen LogP contribution in [0.5, 0.6) is 5.75 Å². The molecule has 0 bridgehead atoms. The lowest BCUT2D eigenvalue weighted by molar-refractivity contribution is -0.139. The van der Waals surface area contributed by atoms with Gasteiger partial charge < -0.3 is 15.4 Å². The highest BCUT2D eigenvalue weighted by Crippen LogP contribution is 2.22. The fourth-order valence-corrected chi connectivity index (χ4v) is 2.47. The monoisotopic (exact) mass is 294 g/mol. The first-order chi connectivity index (χ1) is 9.99. The molecule has 0 aliphatic carbocycles. The number of primary amides is 1. The number of ether oxygens (including phenoxy) is 1. The molecule has 0 aromatic heterocycles. The van der Waals surface area contributed by atoms with Crippen molar-refractivity contribution < 1.29 is 18.7 Å². The van der Waals surface area contributed by atoms with E-state index in [0.717, 1.165) is 6.42 Å². The Morgan fingerprint density at radius 2 is 2.10 bits per heavy atom. The van der Waals surface area contributed by atoms with Gasteiger partial charge in [-0.3, -0.25) is 9.59 Å². The van der Waals surface area contributed by atoms with Gasteiger partial charge in [0.15, 0.2) is 18.2 Å². The number of carbonyl (C=O) groups excluding carboxylic acids is 2. The smallest absolute Gasteiger partial charge is 0.260 e. The lowest BCUT2D eigenvalue weighted by Crippen LogP contribution is -2.50. The van der Waals surface area contributed by atoms with Gasteiger partial charge in [0.05, 0.1) is 5.92 Å². The van der Waals surface area contributed by atoms with Crippen molar-refractivity contribution in [3.8, 4) is 5.75 Å². The molecule has 2 amide bonds. The first-order valence-electron chi connectivity index (χ1n) is 6.95. The second-order valence-electron chi connectivity index (χ2n) is 5.29. The van der Waals surface area contributed by atoms with Gasteiger partial charge in [0.1, 0.15) is 0 Å². The Morgan fingerprint density at radius 1 is 1.38 bits per heavy atom. The normalized spacial score (nSPS) is 21.9. The van der Waals surface area contributed by atoms with Gasteiger partial charge in [0, 0.05) is 12.6 Å². The van der Waals surface area contributed by atoms with Crippen LogP contribution in [0.4, 0.5) is 4.39 Å². The van der Waals surface area contributed by atoms with Crippen molar-refractivity contribution in [2.24, 2.45) is 11.7 Å². The number of amides is 2. The predicted molar refractivity (Wildman–Crippen MR) is 75.0 cm³/mol. The van der Waals surface area contributed by atoms with Gasteiger partial charge in [-0.2, -0.15) is 0 Å². The van der Waals surface area contributed by atoms with Crippen LogP contribution in [-0.4, -0.2) is 35.9 Å². The van der Waals surface area contributed by atoms with Crippen molar-refractivity contribution >= 4 is 11.8 Å². The summed E-state index contributed by atoms with van der Waals surface area (Å²) in [5.74, 6) is -1.45. The Labute approximate surface area is 122 Å². The molecular weight excluding hydrogens is 275 g/mol. The molecule has 1 saturated heterocycles. The van der Waals surface area contributed by atoms with E-state index in [2.05, 4.69) is 0 Å². The summed E-state index contributed by atoms with van der Waals surface area (Å²) in [4.78, 5) is 25.0. The Kier molecular flexibility index (Phi) is 4.77. The minimum Gasteiger partial charge on any atom is -0.481 e. The van der Waals surface area contributed by atoms with Gasteiger partial charge in [-0.25, -0.2) is 4.39 Å². The lowest BCUT2D eigenvalue weighted by Gasteiger charge is -2.36. The van der Waals surface area contributed by atoms with Gasteiger partial charge in [-0.15, -0.1) is 0 Å². The molecular formula is C15H19FN2O3. The summed E-state index contributed by atoms with van der Waals surface area (Å²) in [5, 5.41) is 0. The molecule has 0 saturated carbocycles. The molecule has 2 rings (SSSR count). The highest BCUT2D eigenvalue weighted by atomic mass is 19.1. The molecule has 1 aromatic rings. The number of nitrogens with zero attached hydrogens (tertiary/aromatic N) is 1. The maximum atomic E-state index is 13.4. The third kappa shape index (κ3) is 3.71. The zero-order valence-electron chi connectivity index (χ0n) is 11.9. The summed E-state index contributed by atoms with van der Waals surface area (Å²) in [7, 11) is 0. The zero-order chi connectivity index (χ0) is 15.4. The third-order valence-corrected chi connectivity index (χ3v) is 3.79. The van der Waals surface area contributed by atoms with Crippen LogP contribution < -0.4 is 10.5 Å². The molecule has 6 heteroatoms. The molecule has 114 valence electrons. The standard InChI is InChI=1S/C15H19FN2O3/c1-10-6-7-11(15(17)20)8-18(10)14(19)9-21-13-5-3-2-4-12(13)16/h2-5,10-11H,6-9H2,1H3,(H2,17,20). The zero-order valence-corrected chi connectivity index (χ0v) is 11.9. The number of hydrogen-bond donors (Lipinski definition) is 1. The summed E-state index contributed by atoms with van der Waals surface area (Å²) < 4.78 is 18.6. The quantitative estimate of drug-likeness (QED) is 0.910. The number of halogens is 1. The topological polar surface area (TPSA) is 72.6 Å². The first-order valence-corrected chi connectivity index (χ1v) is 6.95. The Hall–Kier alpha value is -2.11. The Bertz CT molecular complexity index is 535. The number of benzene rings is 1. The molecule has 21 heavy (non-hydrogen) atoms. The van der Waals surface area contributed by atoms with E-state index in [9.17, 15) is 14.0 Å². The SMILES string of the molecule is CC1CCC(C(N)=O)CN1C(=O)COc1ccccc1F. The molecule has 2 atom stereocenters. The van der Waals surface area contributed by atoms with Gasteiger partial charge in [0.25, 0.3) is 5.91 Å². The van der Waals surface area contributed by atoms with Crippen LogP contribution in [0.15, 0.2) is 24.3 Å². The van der Waals surface area contributed by atoms with Crippen LogP contribution in [0, 0.1) is 11.7 Å². The maximum absolute atomic E-state index is 13.4. The largest absolute Gasteiger partial charge is 0.481 e. The van der Waals surface area contributed by atoms with Crippen molar-refractivity contribution in [3.05, 3.63) is 30.1 Å². The summed E-state index contributed by atoms with van der Waals surface area (Å²) >= 11 is 0. The third-order valence-electron chi connectivity index (χ3n) is 3.79. The van der Waals surface area contributed by atoms with Crippen molar-refractivity contribution in [3.63, 3.8) is 0 Å². The van der Waals surface area contributed by atoms with Crippen LogP contribution >= 0.6 is 0 Å². The number of piperidine rings is 1. The van der Waals surface area contributed by atoms with Crippen molar-refractivity contribution in [2.45, 2.75) is 25.8 Å². The van der Waals surface area contributed by atoms with Crippen molar-refractivity contribution in [2.75, 3.05) is 13.2 Å². The Morgan fingerprint density at radius 3 is 2.76 bits per heavy atom. The molecule has 1 aliphatic rings. The van der Waals surface area contributed by atoms with Gasteiger partial charge in [-0.1, -0.05) is 12.1 Å². The van der Waals surface area contributed by atoms with E-state index in [0.29, 0.717) is 13.0 Å². The average molecular weight is 294 g/mol. The molecule has 0 spiro atoms. The summed E-state index contributed by atoms with van der Waals surface area (Å²) in [6.07, 6.45) is 1.41. The number of nitrogens with two attached hydrogens (primary N) is 1. The van der Waals surface area contributed by atoms with Crippen molar-refractivity contribution in [1.29, 1.82) is 0 Å². The van der Waals surface area contributed by atoms with Crippen molar-refractivity contribution in [1.82, 2.24) is 4.90 Å². The van der Waals surface area contributed by atoms with E-state index in [1.54, 1.807) is 17.0 Å². The van der Waals surface area contributed by atoms with Gasteiger partial charge >= 0.3 is 0 Å². The molecule has 1 aromatic carbocycles. The van der Waals surface area contributed by atoms with Crippen LogP contribution in [0.2, 0.25) is 0 Å². The van der Waals surface area contributed by atoms with E-state index in [4.69, 9.17) is 10.5 Å². The summed E-state index contributed by atoms with van der Waals surface area (Å²) in [6.45, 7) is 1.96.